The molecule has 2 aromatic rings. The van der Waals surface area contributed by atoms with Crippen LogP contribution in [0.25, 0.3) is 0 Å². The number of hydrogen-bond donors (Lipinski definition) is 1. The zero-order chi connectivity index (χ0) is 20.1. The summed E-state index contributed by atoms with van der Waals surface area (Å²) < 4.78 is 5.52. The Morgan fingerprint density at radius 2 is 2.11 bits per heavy atom. The Morgan fingerprint density at radius 3 is 2.86 bits per heavy atom. The summed E-state index contributed by atoms with van der Waals surface area (Å²) in [7, 11) is 0. The van der Waals surface area contributed by atoms with E-state index in [0.717, 1.165) is 48.8 Å². The van der Waals surface area contributed by atoms with Crippen LogP contribution in [0.5, 0.6) is 0 Å². The predicted octanol–water partition coefficient (Wildman–Crippen LogP) is 4.11. The average molecular weight is 383 g/mol. The molecule has 0 aromatic carbocycles. The van der Waals surface area contributed by atoms with Gasteiger partial charge in [0.25, 0.3) is 0 Å². The van der Waals surface area contributed by atoms with Gasteiger partial charge in [-0.05, 0) is 65.0 Å². The fourth-order valence-electron chi connectivity index (χ4n) is 3.34. The van der Waals surface area contributed by atoms with Crippen molar-refractivity contribution >= 4 is 17.7 Å². The Balaban J connectivity index is 1.61. The number of piperidine rings is 1. The number of rotatable bonds is 4. The van der Waals surface area contributed by atoms with Crippen LogP contribution in [0.4, 0.5) is 16.4 Å². The molecule has 1 aliphatic heterocycles. The maximum Gasteiger partial charge on any atom is 0.410 e. The molecule has 1 saturated heterocycles. The molecule has 0 bridgehead atoms. The first-order valence-corrected chi connectivity index (χ1v) is 9.78. The number of aryl methyl sites for hydroxylation is 1. The molecule has 7 nitrogen and oxygen atoms in total. The Hall–Kier alpha value is -2.70. The second kappa shape index (κ2) is 8.54. The summed E-state index contributed by atoms with van der Waals surface area (Å²) >= 11 is 0. The second-order valence-corrected chi connectivity index (χ2v) is 8.32. The topological polar surface area (TPSA) is 80.2 Å². The van der Waals surface area contributed by atoms with Crippen LogP contribution in [0.1, 0.15) is 45.0 Å². The minimum Gasteiger partial charge on any atom is -0.444 e. The van der Waals surface area contributed by atoms with Crippen molar-refractivity contribution in [2.24, 2.45) is 5.92 Å². The lowest BCUT2D eigenvalue weighted by Crippen LogP contribution is -2.43. The van der Waals surface area contributed by atoms with Gasteiger partial charge in [0.1, 0.15) is 23.6 Å². The molecule has 1 fully saturated rings. The Morgan fingerprint density at radius 1 is 1.29 bits per heavy atom. The fraction of sp³-hybridized carbons (Fsp3) is 0.524. The first-order chi connectivity index (χ1) is 13.3. The number of aromatic nitrogens is 3. The molecule has 150 valence electrons. The SMILES string of the molecule is Cc1cccc(Nc2cc(CC3CCCN(C(=O)OC(C)(C)C)C3)ncn2)n1. The first kappa shape index (κ1) is 20.0. The van der Waals surface area contributed by atoms with Gasteiger partial charge in [-0.3, -0.25) is 0 Å². The van der Waals surface area contributed by atoms with Gasteiger partial charge in [0, 0.05) is 30.5 Å². The molecule has 1 atom stereocenters. The van der Waals surface area contributed by atoms with E-state index in [4.69, 9.17) is 4.74 Å². The van der Waals surface area contributed by atoms with E-state index in [1.807, 2.05) is 56.9 Å². The van der Waals surface area contributed by atoms with E-state index in [1.54, 1.807) is 6.33 Å². The Kier molecular flexibility index (Phi) is 6.11. The van der Waals surface area contributed by atoms with Crippen LogP contribution < -0.4 is 5.32 Å². The number of nitrogens with zero attached hydrogens (tertiary/aromatic N) is 4. The fourth-order valence-corrected chi connectivity index (χ4v) is 3.34. The van der Waals surface area contributed by atoms with Gasteiger partial charge < -0.3 is 15.0 Å². The van der Waals surface area contributed by atoms with Gasteiger partial charge in [0.15, 0.2) is 0 Å². The molecular formula is C21H29N5O2. The molecule has 1 amide bonds. The van der Waals surface area contributed by atoms with E-state index in [9.17, 15) is 4.79 Å². The highest BCUT2D eigenvalue weighted by atomic mass is 16.6. The summed E-state index contributed by atoms with van der Waals surface area (Å²) in [6.45, 7) is 9.08. The number of likely N-dealkylation sites (tertiary alicyclic amines) is 1. The molecule has 1 unspecified atom stereocenters. The second-order valence-electron chi connectivity index (χ2n) is 8.32. The lowest BCUT2D eigenvalue weighted by atomic mass is 9.93. The quantitative estimate of drug-likeness (QED) is 0.856. The molecule has 0 aliphatic carbocycles. The van der Waals surface area contributed by atoms with E-state index in [2.05, 4.69) is 20.3 Å². The predicted molar refractivity (Wildman–Crippen MR) is 109 cm³/mol. The van der Waals surface area contributed by atoms with Crippen molar-refractivity contribution in [2.75, 3.05) is 18.4 Å². The number of carbonyl (C=O) groups is 1. The molecule has 3 rings (SSSR count). The highest BCUT2D eigenvalue weighted by Crippen LogP contribution is 2.23. The van der Waals surface area contributed by atoms with Crippen LogP contribution in [0, 0.1) is 12.8 Å². The molecule has 0 radical (unpaired) electrons. The van der Waals surface area contributed by atoms with Crippen molar-refractivity contribution in [2.45, 2.75) is 52.6 Å². The maximum absolute atomic E-state index is 12.4. The van der Waals surface area contributed by atoms with Gasteiger partial charge in [-0.15, -0.1) is 0 Å². The zero-order valence-electron chi connectivity index (χ0n) is 17.1. The number of hydrogen-bond acceptors (Lipinski definition) is 6. The van der Waals surface area contributed by atoms with E-state index in [0.29, 0.717) is 12.5 Å². The first-order valence-electron chi connectivity index (χ1n) is 9.78. The van der Waals surface area contributed by atoms with Gasteiger partial charge in [-0.2, -0.15) is 0 Å². The summed E-state index contributed by atoms with van der Waals surface area (Å²) in [6.07, 6.45) is 4.20. The summed E-state index contributed by atoms with van der Waals surface area (Å²) in [5.74, 6) is 1.85. The zero-order valence-corrected chi connectivity index (χ0v) is 17.1. The summed E-state index contributed by atoms with van der Waals surface area (Å²) in [6, 6.07) is 7.78. The van der Waals surface area contributed by atoms with Crippen LogP contribution in [-0.2, 0) is 11.2 Å². The highest BCUT2D eigenvalue weighted by Gasteiger charge is 2.27. The molecule has 1 aliphatic rings. The van der Waals surface area contributed by atoms with Crippen LogP contribution in [0.2, 0.25) is 0 Å². The smallest absolute Gasteiger partial charge is 0.410 e. The minimum atomic E-state index is -0.471. The van der Waals surface area contributed by atoms with E-state index in [-0.39, 0.29) is 6.09 Å². The standard InChI is InChI=1S/C21H29N5O2/c1-15-7-5-9-18(24-15)25-19-12-17(22-14-23-19)11-16-8-6-10-26(13-16)20(27)28-21(2,3)4/h5,7,9,12,14,16H,6,8,10-11,13H2,1-4H3,(H,22,23,24,25). The molecule has 3 heterocycles. The largest absolute Gasteiger partial charge is 0.444 e. The molecule has 1 N–H and O–H groups in total. The van der Waals surface area contributed by atoms with E-state index >= 15 is 0 Å². The number of carbonyl (C=O) groups excluding carboxylic acids is 1. The van der Waals surface area contributed by atoms with Gasteiger partial charge in [-0.25, -0.2) is 19.7 Å². The molecule has 2 aromatic heterocycles. The third kappa shape index (κ3) is 5.90. The number of anilines is 2. The lowest BCUT2D eigenvalue weighted by Gasteiger charge is -2.34. The normalized spacial score (nSPS) is 17.3. The third-order valence-electron chi connectivity index (χ3n) is 4.54. The molecule has 0 saturated carbocycles. The maximum atomic E-state index is 12.4. The van der Waals surface area contributed by atoms with Crippen LogP contribution in [0.3, 0.4) is 0 Å². The van der Waals surface area contributed by atoms with Crippen molar-refractivity contribution in [3.63, 3.8) is 0 Å². The Bertz CT molecular complexity index is 818. The van der Waals surface area contributed by atoms with Gasteiger partial charge in [0.05, 0.1) is 0 Å². The van der Waals surface area contributed by atoms with Crippen LogP contribution in [0.15, 0.2) is 30.6 Å². The minimum absolute atomic E-state index is 0.229. The van der Waals surface area contributed by atoms with Crippen LogP contribution >= 0.6 is 0 Å². The van der Waals surface area contributed by atoms with Gasteiger partial charge >= 0.3 is 6.09 Å². The number of pyridine rings is 1. The number of amides is 1. The summed E-state index contributed by atoms with van der Waals surface area (Å²) in [5.41, 5.74) is 1.44. The van der Waals surface area contributed by atoms with E-state index in [1.165, 1.54) is 0 Å². The van der Waals surface area contributed by atoms with Crippen molar-refractivity contribution in [3.8, 4) is 0 Å². The van der Waals surface area contributed by atoms with Gasteiger partial charge in [0.2, 0.25) is 0 Å². The van der Waals surface area contributed by atoms with Gasteiger partial charge in [-0.1, -0.05) is 6.07 Å². The van der Waals surface area contributed by atoms with E-state index < -0.39 is 5.60 Å². The van der Waals surface area contributed by atoms with Crippen molar-refractivity contribution < 1.29 is 9.53 Å². The van der Waals surface area contributed by atoms with Crippen molar-refractivity contribution in [1.29, 1.82) is 0 Å². The van der Waals surface area contributed by atoms with Crippen LogP contribution in [-0.4, -0.2) is 44.6 Å². The number of ether oxygens (including phenoxy) is 1. The Labute approximate surface area is 166 Å². The molecule has 28 heavy (non-hydrogen) atoms. The lowest BCUT2D eigenvalue weighted by molar-refractivity contribution is 0.0165. The molecule has 7 heteroatoms. The summed E-state index contributed by atoms with van der Waals surface area (Å²) in [4.78, 5) is 27.3. The molecule has 0 spiro atoms. The van der Waals surface area contributed by atoms with Crippen molar-refractivity contribution in [1.82, 2.24) is 19.9 Å². The average Bonchev–Trinajstić information content (AvgIpc) is 2.61. The monoisotopic (exact) mass is 383 g/mol. The van der Waals surface area contributed by atoms with Crippen molar-refractivity contribution in [3.05, 3.63) is 42.0 Å². The highest BCUT2D eigenvalue weighted by molar-refractivity contribution is 5.68. The summed E-state index contributed by atoms with van der Waals surface area (Å²) in [5, 5.41) is 3.23. The third-order valence-corrected chi connectivity index (χ3v) is 4.54. The molecular weight excluding hydrogens is 354 g/mol. The number of nitrogens with one attached hydrogen (secondary N) is 1.